The summed E-state index contributed by atoms with van der Waals surface area (Å²) in [7, 11) is 0. The van der Waals surface area contributed by atoms with E-state index in [0.29, 0.717) is 11.0 Å². The van der Waals surface area contributed by atoms with Crippen molar-refractivity contribution in [2.24, 2.45) is 5.41 Å². The molecule has 4 rings (SSSR count). The van der Waals surface area contributed by atoms with Gasteiger partial charge in [0.15, 0.2) is 5.65 Å². The second kappa shape index (κ2) is 6.33. The zero-order valence-electron chi connectivity index (χ0n) is 14.2. The van der Waals surface area contributed by atoms with Crippen LogP contribution >= 0.6 is 12.4 Å². The largest absolute Gasteiger partial charge is 0.339 e. The van der Waals surface area contributed by atoms with Crippen molar-refractivity contribution in [3.05, 3.63) is 29.2 Å². The van der Waals surface area contributed by atoms with Crippen LogP contribution in [0.15, 0.2) is 12.3 Å². The first-order valence-corrected chi connectivity index (χ1v) is 8.40. The van der Waals surface area contributed by atoms with Gasteiger partial charge >= 0.3 is 0 Å². The lowest BCUT2D eigenvalue weighted by Crippen LogP contribution is -2.44. The summed E-state index contributed by atoms with van der Waals surface area (Å²) in [6, 6.07) is 1.93. The average molecular weight is 350 g/mol. The first-order chi connectivity index (χ1) is 11.1. The van der Waals surface area contributed by atoms with Crippen LogP contribution in [0.4, 0.5) is 0 Å². The van der Waals surface area contributed by atoms with Crippen LogP contribution in [0.3, 0.4) is 0 Å². The van der Waals surface area contributed by atoms with Crippen molar-refractivity contribution in [1.82, 2.24) is 24.8 Å². The molecule has 2 aromatic heterocycles. The quantitative estimate of drug-likeness (QED) is 0.855. The Hall–Kier alpha value is -1.66. The molecule has 0 atom stereocenters. The number of hydrogen-bond acceptors (Lipinski definition) is 4. The Bertz CT molecular complexity index is 756. The van der Waals surface area contributed by atoms with E-state index in [2.05, 4.69) is 15.4 Å². The van der Waals surface area contributed by atoms with Crippen LogP contribution in [0.1, 0.15) is 41.0 Å². The fourth-order valence-electron chi connectivity index (χ4n) is 3.95. The highest BCUT2D eigenvalue weighted by atomic mass is 35.5. The molecule has 0 aliphatic carbocycles. The van der Waals surface area contributed by atoms with Crippen molar-refractivity contribution in [1.29, 1.82) is 0 Å². The molecule has 7 heteroatoms. The number of aromatic nitrogens is 3. The predicted molar refractivity (Wildman–Crippen MR) is 94.8 cm³/mol. The Kier molecular flexibility index (Phi) is 4.53. The highest BCUT2D eigenvalue weighted by molar-refractivity contribution is 5.95. The van der Waals surface area contributed by atoms with Crippen LogP contribution < -0.4 is 5.32 Å². The summed E-state index contributed by atoms with van der Waals surface area (Å²) in [6.07, 6.45) is 5.15. The van der Waals surface area contributed by atoms with E-state index in [0.717, 1.165) is 56.1 Å². The summed E-state index contributed by atoms with van der Waals surface area (Å²) in [5.74, 6) is 0.0888. The summed E-state index contributed by atoms with van der Waals surface area (Å²) in [4.78, 5) is 19.3. The van der Waals surface area contributed by atoms with Crippen molar-refractivity contribution in [3.8, 4) is 0 Å². The maximum absolute atomic E-state index is 12.9. The Morgan fingerprint density at radius 2 is 2.00 bits per heavy atom. The lowest BCUT2D eigenvalue weighted by Gasteiger charge is -2.39. The zero-order chi connectivity index (χ0) is 16.0. The first-order valence-electron chi connectivity index (χ1n) is 8.40. The van der Waals surface area contributed by atoms with E-state index in [1.165, 1.54) is 6.42 Å². The Balaban J connectivity index is 0.00000169. The van der Waals surface area contributed by atoms with Gasteiger partial charge in [0.25, 0.3) is 5.91 Å². The Morgan fingerprint density at radius 3 is 2.67 bits per heavy atom. The van der Waals surface area contributed by atoms with Crippen LogP contribution in [0.5, 0.6) is 0 Å². The number of amides is 1. The lowest BCUT2D eigenvalue weighted by molar-refractivity contribution is 0.0606. The molecule has 2 aromatic rings. The average Bonchev–Trinajstić information content (AvgIpc) is 3.15. The molecule has 0 bridgehead atoms. The molecule has 6 nitrogen and oxygen atoms in total. The van der Waals surface area contributed by atoms with E-state index in [9.17, 15) is 4.79 Å². The van der Waals surface area contributed by atoms with Crippen molar-refractivity contribution in [3.63, 3.8) is 0 Å². The minimum Gasteiger partial charge on any atom is -0.339 e. The Morgan fingerprint density at radius 1 is 1.25 bits per heavy atom. The molecule has 2 aliphatic heterocycles. The van der Waals surface area contributed by atoms with Gasteiger partial charge < -0.3 is 10.2 Å². The molecule has 1 N–H and O–H groups in total. The molecule has 130 valence electrons. The molecule has 24 heavy (non-hydrogen) atoms. The highest BCUT2D eigenvalue weighted by Crippen LogP contribution is 2.37. The molecule has 0 saturated carbocycles. The fourth-order valence-corrected chi connectivity index (χ4v) is 3.95. The number of fused-ring (bicyclic) bond motifs is 1. The van der Waals surface area contributed by atoms with Crippen LogP contribution in [-0.4, -0.2) is 51.6 Å². The molecule has 4 heterocycles. The summed E-state index contributed by atoms with van der Waals surface area (Å²) >= 11 is 0. The number of halogens is 1. The number of carbonyl (C=O) groups is 1. The molecule has 0 aromatic carbocycles. The first kappa shape index (κ1) is 17.2. The van der Waals surface area contributed by atoms with E-state index in [1.807, 2.05) is 24.8 Å². The van der Waals surface area contributed by atoms with Crippen LogP contribution in [0.2, 0.25) is 0 Å². The van der Waals surface area contributed by atoms with Gasteiger partial charge in [0.1, 0.15) is 0 Å². The second-order valence-corrected chi connectivity index (χ2v) is 7.03. The van der Waals surface area contributed by atoms with Gasteiger partial charge in [0, 0.05) is 31.9 Å². The van der Waals surface area contributed by atoms with Gasteiger partial charge in [-0.15, -0.1) is 12.4 Å². The highest BCUT2D eigenvalue weighted by Gasteiger charge is 2.38. The molecular formula is C17H24ClN5O. The minimum atomic E-state index is 0. The number of piperidine rings is 1. The number of carbonyl (C=O) groups excluding carboxylic acids is 1. The van der Waals surface area contributed by atoms with Crippen LogP contribution in [-0.2, 0) is 0 Å². The van der Waals surface area contributed by atoms with Crippen molar-refractivity contribution in [2.75, 3.05) is 26.2 Å². The third kappa shape index (κ3) is 2.78. The van der Waals surface area contributed by atoms with E-state index in [4.69, 9.17) is 0 Å². The lowest BCUT2D eigenvalue weighted by atomic mass is 9.78. The van der Waals surface area contributed by atoms with E-state index >= 15 is 0 Å². The summed E-state index contributed by atoms with van der Waals surface area (Å²) in [6.45, 7) is 7.79. The molecule has 0 radical (unpaired) electrons. The van der Waals surface area contributed by atoms with Crippen LogP contribution in [0, 0.1) is 19.3 Å². The summed E-state index contributed by atoms with van der Waals surface area (Å²) in [5.41, 5.74) is 3.68. The third-order valence-corrected chi connectivity index (χ3v) is 5.52. The van der Waals surface area contributed by atoms with Gasteiger partial charge in [0.2, 0.25) is 0 Å². The third-order valence-electron chi connectivity index (χ3n) is 5.52. The van der Waals surface area contributed by atoms with Gasteiger partial charge in [-0.1, -0.05) is 0 Å². The van der Waals surface area contributed by atoms with E-state index in [1.54, 1.807) is 10.7 Å². The van der Waals surface area contributed by atoms with Crippen molar-refractivity contribution < 1.29 is 4.79 Å². The zero-order valence-corrected chi connectivity index (χ0v) is 15.0. The number of nitrogens with zero attached hydrogens (tertiary/aromatic N) is 4. The van der Waals surface area contributed by atoms with E-state index in [-0.39, 0.29) is 18.3 Å². The van der Waals surface area contributed by atoms with E-state index < -0.39 is 0 Å². The van der Waals surface area contributed by atoms with Gasteiger partial charge in [-0.05, 0) is 45.1 Å². The SMILES string of the molecule is Cc1cc2ncc(C(=O)N3CCC4(CCNC4)CC3)c(C)n2n1.Cl. The topological polar surface area (TPSA) is 62.5 Å². The monoisotopic (exact) mass is 349 g/mol. The molecule has 1 amide bonds. The molecule has 0 unspecified atom stereocenters. The number of likely N-dealkylation sites (tertiary alicyclic amines) is 1. The number of hydrogen-bond donors (Lipinski definition) is 1. The number of aryl methyl sites for hydroxylation is 2. The van der Waals surface area contributed by atoms with Gasteiger partial charge in [-0.25, -0.2) is 9.50 Å². The summed E-state index contributed by atoms with van der Waals surface area (Å²) < 4.78 is 1.77. The molecule has 1 spiro atoms. The Labute approximate surface area is 148 Å². The predicted octanol–water partition coefficient (Wildman–Crippen LogP) is 1.98. The standard InChI is InChI=1S/C17H23N5O.ClH/c1-12-9-15-19-10-14(13(2)22(15)20-12)16(23)21-7-4-17(5-8-21)3-6-18-11-17;/h9-10,18H,3-8,11H2,1-2H3;1H. The number of rotatable bonds is 1. The minimum absolute atomic E-state index is 0. The maximum atomic E-state index is 12.9. The maximum Gasteiger partial charge on any atom is 0.257 e. The van der Waals surface area contributed by atoms with Crippen molar-refractivity contribution >= 4 is 24.0 Å². The van der Waals surface area contributed by atoms with Gasteiger partial charge in [-0.2, -0.15) is 5.10 Å². The molecule has 2 aliphatic rings. The normalized spacial score (nSPS) is 19.7. The number of nitrogens with one attached hydrogen (secondary N) is 1. The van der Waals surface area contributed by atoms with Crippen molar-refractivity contribution in [2.45, 2.75) is 33.1 Å². The molecule has 2 fully saturated rings. The van der Waals surface area contributed by atoms with Crippen LogP contribution in [0.25, 0.3) is 5.65 Å². The summed E-state index contributed by atoms with van der Waals surface area (Å²) in [5, 5.41) is 7.90. The van der Waals surface area contributed by atoms with Gasteiger partial charge in [-0.3, -0.25) is 4.79 Å². The molecule has 2 saturated heterocycles. The van der Waals surface area contributed by atoms with Gasteiger partial charge in [0.05, 0.1) is 17.0 Å². The second-order valence-electron chi connectivity index (χ2n) is 7.03. The fraction of sp³-hybridized carbons (Fsp3) is 0.588. The smallest absolute Gasteiger partial charge is 0.257 e. The molecular weight excluding hydrogens is 326 g/mol.